The molecule has 0 bridgehead atoms. The molecule has 1 aliphatic carbocycles. The Balaban J connectivity index is 0.000000396. The summed E-state index contributed by atoms with van der Waals surface area (Å²) in [4.78, 5) is 19.0. The van der Waals surface area contributed by atoms with Crippen LogP contribution in [0.2, 0.25) is 5.02 Å². The molecule has 6 nitrogen and oxygen atoms in total. The first kappa shape index (κ1) is 26.7. The number of hydrogen-bond acceptors (Lipinski definition) is 5. The van der Waals surface area contributed by atoms with E-state index in [1.54, 1.807) is 32.0 Å². The molecule has 1 N–H and O–H groups in total. The minimum Gasteiger partial charge on any atom is -0.386 e. The molecule has 5 rings (SSSR count). The number of hydrogen-bond donors (Lipinski definition) is 1. The van der Waals surface area contributed by atoms with Crippen molar-refractivity contribution in [2.24, 2.45) is 0 Å². The van der Waals surface area contributed by atoms with Crippen LogP contribution in [0.3, 0.4) is 0 Å². The SMILES string of the molecule is CC(C)(O)c1cc(F)c2c(c1)C(=O)N(Cc1ccc(C#N)cn1)C2OC1CCCC1.Clc1ccccc1. The van der Waals surface area contributed by atoms with E-state index in [1.165, 1.54) is 17.2 Å². The number of pyridine rings is 1. The Morgan fingerprint density at radius 1 is 1.19 bits per heavy atom. The zero-order chi connectivity index (χ0) is 26.6. The van der Waals surface area contributed by atoms with Crippen LogP contribution in [0.25, 0.3) is 0 Å². The van der Waals surface area contributed by atoms with Gasteiger partial charge >= 0.3 is 0 Å². The summed E-state index contributed by atoms with van der Waals surface area (Å²) in [5.41, 5.74) is 0.495. The molecule has 37 heavy (non-hydrogen) atoms. The number of halogens is 2. The van der Waals surface area contributed by atoms with E-state index in [-0.39, 0.29) is 29.7 Å². The summed E-state index contributed by atoms with van der Waals surface area (Å²) in [5, 5.41) is 20.1. The molecular formula is C29H29ClFN3O3. The molecule has 1 amide bonds. The van der Waals surface area contributed by atoms with Crippen LogP contribution in [0, 0.1) is 17.1 Å². The van der Waals surface area contributed by atoms with Gasteiger partial charge in [0.2, 0.25) is 0 Å². The number of rotatable bonds is 5. The molecule has 1 unspecified atom stereocenters. The predicted octanol–water partition coefficient (Wildman–Crippen LogP) is 6.27. The first-order valence-corrected chi connectivity index (χ1v) is 12.6. The highest BCUT2D eigenvalue weighted by atomic mass is 35.5. The maximum atomic E-state index is 15.2. The number of nitrogens with zero attached hydrogens (tertiary/aromatic N) is 3. The van der Waals surface area contributed by atoms with Gasteiger partial charge in [0.05, 0.1) is 35.1 Å². The molecule has 0 spiro atoms. The Morgan fingerprint density at radius 3 is 2.43 bits per heavy atom. The Kier molecular flexibility index (Phi) is 8.23. The highest BCUT2D eigenvalue weighted by Gasteiger charge is 2.42. The average molecular weight is 522 g/mol. The minimum atomic E-state index is -1.28. The lowest BCUT2D eigenvalue weighted by Gasteiger charge is -2.28. The first-order valence-electron chi connectivity index (χ1n) is 12.3. The maximum absolute atomic E-state index is 15.2. The van der Waals surface area contributed by atoms with Gasteiger partial charge in [-0.1, -0.05) is 42.6 Å². The van der Waals surface area contributed by atoms with E-state index in [4.69, 9.17) is 21.6 Å². The number of carbonyl (C=O) groups excluding carboxylic acids is 1. The van der Waals surface area contributed by atoms with Gasteiger partial charge in [0.1, 0.15) is 11.9 Å². The van der Waals surface area contributed by atoms with Crippen molar-refractivity contribution in [3.8, 4) is 6.07 Å². The highest BCUT2D eigenvalue weighted by Crippen LogP contribution is 2.41. The van der Waals surface area contributed by atoms with Gasteiger partial charge in [0, 0.05) is 16.8 Å². The number of aromatic nitrogens is 1. The third-order valence-corrected chi connectivity index (χ3v) is 6.75. The summed E-state index contributed by atoms with van der Waals surface area (Å²) >= 11 is 5.54. The summed E-state index contributed by atoms with van der Waals surface area (Å²) in [7, 11) is 0. The number of benzene rings is 2. The van der Waals surface area contributed by atoms with Crippen LogP contribution in [0.5, 0.6) is 0 Å². The molecule has 2 heterocycles. The summed E-state index contributed by atoms with van der Waals surface area (Å²) in [5.74, 6) is -0.916. The Hall–Kier alpha value is -3.31. The molecule has 2 aliphatic rings. The number of carbonyl (C=O) groups is 1. The zero-order valence-corrected chi connectivity index (χ0v) is 21.6. The van der Waals surface area contributed by atoms with Crippen molar-refractivity contribution < 1.29 is 19.0 Å². The van der Waals surface area contributed by atoms with Gasteiger partial charge in [-0.15, -0.1) is 0 Å². The second-order valence-electron chi connectivity index (χ2n) is 9.75. The number of aliphatic hydroxyl groups is 1. The fraction of sp³-hybridized carbons (Fsp3) is 0.345. The summed E-state index contributed by atoms with van der Waals surface area (Å²) < 4.78 is 21.4. The minimum absolute atomic E-state index is 0.0291. The molecular weight excluding hydrogens is 493 g/mol. The monoisotopic (exact) mass is 521 g/mol. The highest BCUT2D eigenvalue weighted by molar-refractivity contribution is 6.30. The molecule has 1 aromatic heterocycles. The Morgan fingerprint density at radius 2 is 1.89 bits per heavy atom. The first-order chi connectivity index (χ1) is 17.7. The van der Waals surface area contributed by atoms with Crippen molar-refractivity contribution in [1.82, 2.24) is 9.88 Å². The molecule has 1 saturated carbocycles. The number of fused-ring (bicyclic) bond motifs is 1. The van der Waals surface area contributed by atoms with Crippen molar-refractivity contribution in [2.45, 2.75) is 64.0 Å². The molecule has 0 radical (unpaired) electrons. The van der Waals surface area contributed by atoms with Crippen molar-refractivity contribution in [2.75, 3.05) is 0 Å². The van der Waals surface area contributed by atoms with E-state index in [2.05, 4.69) is 4.98 Å². The summed E-state index contributed by atoms with van der Waals surface area (Å²) in [6, 6.07) is 17.6. The molecule has 8 heteroatoms. The van der Waals surface area contributed by atoms with E-state index < -0.39 is 17.6 Å². The second kappa shape index (κ2) is 11.4. The van der Waals surface area contributed by atoms with Gasteiger partial charge in [-0.2, -0.15) is 5.26 Å². The average Bonchev–Trinajstić information content (AvgIpc) is 3.48. The van der Waals surface area contributed by atoms with Crippen molar-refractivity contribution >= 4 is 17.5 Å². The van der Waals surface area contributed by atoms with Gasteiger partial charge in [-0.05, 0) is 68.7 Å². The Labute approximate surface area is 221 Å². The topological polar surface area (TPSA) is 86.5 Å². The normalized spacial score (nSPS) is 17.2. The van der Waals surface area contributed by atoms with Crippen molar-refractivity contribution in [1.29, 1.82) is 5.26 Å². The van der Waals surface area contributed by atoms with Crippen LogP contribution >= 0.6 is 11.6 Å². The molecule has 2 aromatic carbocycles. The zero-order valence-electron chi connectivity index (χ0n) is 20.8. The maximum Gasteiger partial charge on any atom is 0.257 e. The Bertz CT molecular complexity index is 1280. The van der Waals surface area contributed by atoms with Gasteiger partial charge in [-0.3, -0.25) is 9.78 Å². The van der Waals surface area contributed by atoms with E-state index in [0.717, 1.165) is 30.7 Å². The van der Waals surface area contributed by atoms with Crippen LogP contribution in [-0.2, 0) is 16.9 Å². The van der Waals surface area contributed by atoms with Crippen LogP contribution in [0.1, 0.15) is 78.5 Å². The lowest BCUT2D eigenvalue weighted by molar-refractivity contribution is -0.0834. The van der Waals surface area contributed by atoms with E-state index in [0.29, 0.717) is 16.8 Å². The van der Waals surface area contributed by atoms with Crippen molar-refractivity contribution in [3.05, 3.63) is 99.6 Å². The summed E-state index contributed by atoms with van der Waals surface area (Å²) in [6.45, 7) is 3.24. The number of amides is 1. The van der Waals surface area contributed by atoms with Crippen LogP contribution in [-0.4, -0.2) is 27.0 Å². The third-order valence-electron chi connectivity index (χ3n) is 6.50. The number of ether oxygens (including phenoxy) is 1. The fourth-order valence-electron chi connectivity index (χ4n) is 4.49. The van der Waals surface area contributed by atoms with Gasteiger partial charge in [0.15, 0.2) is 6.23 Å². The summed E-state index contributed by atoms with van der Waals surface area (Å²) in [6.07, 6.45) is 4.44. The van der Waals surface area contributed by atoms with Gasteiger partial charge < -0.3 is 14.7 Å². The molecule has 1 fully saturated rings. The van der Waals surface area contributed by atoms with Gasteiger partial charge in [-0.25, -0.2) is 4.39 Å². The molecule has 1 aliphatic heterocycles. The van der Waals surface area contributed by atoms with Crippen LogP contribution in [0.15, 0.2) is 60.8 Å². The van der Waals surface area contributed by atoms with E-state index in [9.17, 15) is 9.90 Å². The fourth-order valence-corrected chi connectivity index (χ4v) is 4.64. The van der Waals surface area contributed by atoms with Crippen LogP contribution in [0.4, 0.5) is 4.39 Å². The lowest BCUT2D eigenvalue weighted by Crippen LogP contribution is -2.31. The standard InChI is InChI=1S/C23H24FN3O3.C6H5Cl/c1-23(2,29)15-9-18-20(19(24)10-15)22(30-17-5-3-4-6-17)27(21(18)28)13-16-8-7-14(11-25)12-26-16;7-6-4-2-1-3-5-6/h7-10,12,17,22,29H,3-6,13H2,1-2H3;1-5H. The van der Waals surface area contributed by atoms with E-state index in [1.807, 2.05) is 36.4 Å². The second-order valence-corrected chi connectivity index (χ2v) is 10.2. The quantitative estimate of drug-likeness (QED) is 0.427. The molecule has 1 atom stereocenters. The number of nitriles is 1. The van der Waals surface area contributed by atoms with Crippen LogP contribution < -0.4 is 0 Å². The predicted molar refractivity (Wildman–Crippen MR) is 138 cm³/mol. The third kappa shape index (κ3) is 6.34. The molecule has 0 saturated heterocycles. The van der Waals surface area contributed by atoms with Gasteiger partial charge in [0.25, 0.3) is 5.91 Å². The van der Waals surface area contributed by atoms with Crippen molar-refractivity contribution in [3.63, 3.8) is 0 Å². The van der Waals surface area contributed by atoms with E-state index >= 15 is 4.39 Å². The lowest BCUT2D eigenvalue weighted by atomic mass is 9.94. The largest absolute Gasteiger partial charge is 0.386 e. The molecule has 192 valence electrons. The molecule has 3 aromatic rings. The smallest absolute Gasteiger partial charge is 0.257 e.